The van der Waals surface area contributed by atoms with Gasteiger partial charge in [0.05, 0.1) is 42.2 Å². The third-order valence-corrected chi connectivity index (χ3v) is 17.5. The molecule has 324 valence electrons. The highest BCUT2D eigenvalue weighted by Gasteiger charge is 2.72. The molecular weight excluding hydrogens is 728 g/mol. The SMILES string of the molecule is CC1OC(OC2C(OC3CCC4(C)C(CCC5(C)C4CC(O)C4C(C6(C)CC(O)C(O)C(C)(C)O6)CCC45C)C3(C)C)OC(CO)C(O)C2O)C(O)C(O)C1O. The van der Waals surface area contributed by atoms with Gasteiger partial charge in [-0.2, -0.15) is 0 Å². The van der Waals surface area contributed by atoms with Crippen LogP contribution in [-0.2, 0) is 23.7 Å². The third kappa shape index (κ3) is 6.41. The Balaban J connectivity index is 1.12. The van der Waals surface area contributed by atoms with E-state index in [1.807, 2.05) is 13.8 Å². The maximum Gasteiger partial charge on any atom is 0.187 e. The molecule has 22 atom stereocenters. The highest BCUT2D eigenvalue weighted by Crippen LogP contribution is 2.76. The van der Waals surface area contributed by atoms with E-state index in [9.17, 15) is 46.0 Å². The molecule has 0 spiro atoms. The molecule has 14 heteroatoms. The normalized spacial score (nSPS) is 58.2. The van der Waals surface area contributed by atoms with Crippen LogP contribution in [0.2, 0.25) is 0 Å². The summed E-state index contributed by atoms with van der Waals surface area (Å²) in [6, 6.07) is 0. The van der Waals surface area contributed by atoms with Gasteiger partial charge >= 0.3 is 0 Å². The Kier molecular flexibility index (Phi) is 11.3. The van der Waals surface area contributed by atoms with Crippen LogP contribution in [0, 0.1) is 45.3 Å². The van der Waals surface area contributed by atoms with E-state index in [0.717, 1.165) is 32.1 Å². The first-order valence-corrected chi connectivity index (χ1v) is 21.3. The molecule has 0 bridgehead atoms. The summed E-state index contributed by atoms with van der Waals surface area (Å²) in [7, 11) is 0. The maximum atomic E-state index is 12.3. The highest BCUT2D eigenvalue weighted by atomic mass is 16.8. The summed E-state index contributed by atoms with van der Waals surface area (Å²) < 4.78 is 31.3. The predicted octanol–water partition coefficient (Wildman–Crippen LogP) is 1.36. The average Bonchev–Trinajstić information content (AvgIpc) is 3.50. The van der Waals surface area contributed by atoms with Gasteiger partial charge in [-0.15, -0.1) is 0 Å². The van der Waals surface area contributed by atoms with E-state index in [1.54, 1.807) is 0 Å². The summed E-state index contributed by atoms with van der Waals surface area (Å²) in [6.07, 6.45) is -10.6. The Labute approximate surface area is 331 Å². The molecule has 0 aromatic carbocycles. The molecule has 3 heterocycles. The van der Waals surface area contributed by atoms with Crippen LogP contribution in [0.5, 0.6) is 0 Å². The molecule has 3 saturated heterocycles. The van der Waals surface area contributed by atoms with Crippen molar-refractivity contribution < 1.29 is 69.6 Å². The molecule has 56 heavy (non-hydrogen) atoms. The quantitative estimate of drug-likeness (QED) is 0.173. The smallest absolute Gasteiger partial charge is 0.187 e. The molecule has 4 saturated carbocycles. The fourth-order valence-corrected chi connectivity index (χ4v) is 14.3. The van der Waals surface area contributed by atoms with Gasteiger partial charge in [0.25, 0.3) is 0 Å². The van der Waals surface area contributed by atoms with Crippen molar-refractivity contribution in [2.75, 3.05) is 6.61 Å². The van der Waals surface area contributed by atoms with Crippen LogP contribution < -0.4 is 0 Å². The van der Waals surface area contributed by atoms with Crippen molar-refractivity contribution in [1.29, 1.82) is 0 Å². The van der Waals surface area contributed by atoms with Crippen LogP contribution in [0.1, 0.15) is 114 Å². The summed E-state index contributed by atoms with van der Waals surface area (Å²) in [5.41, 5.74) is -2.48. The first-order valence-electron chi connectivity index (χ1n) is 21.3. The first kappa shape index (κ1) is 43.5. The lowest BCUT2D eigenvalue weighted by atomic mass is 9.35. The second-order valence-corrected chi connectivity index (χ2v) is 21.2. The number of ether oxygens (including phenoxy) is 5. The van der Waals surface area contributed by atoms with Crippen molar-refractivity contribution >= 4 is 0 Å². The number of hydrogen-bond donors (Lipinski definition) is 9. The summed E-state index contributed by atoms with van der Waals surface area (Å²) in [6.45, 7) is 18.3. The van der Waals surface area contributed by atoms with Crippen molar-refractivity contribution in [3.8, 4) is 0 Å². The van der Waals surface area contributed by atoms with Gasteiger partial charge < -0.3 is 69.6 Å². The molecule has 4 aliphatic carbocycles. The topological polar surface area (TPSA) is 228 Å². The van der Waals surface area contributed by atoms with Crippen LogP contribution in [0.4, 0.5) is 0 Å². The first-order chi connectivity index (χ1) is 25.9. The van der Waals surface area contributed by atoms with Crippen molar-refractivity contribution in [3.63, 3.8) is 0 Å². The predicted molar refractivity (Wildman–Crippen MR) is 200 cm³/mol. The van der Waals surface area contributed by atoms with Gasteiger partial charge in [-0.1, -0.05) is 34.6 Å². The fourth-order valence-electron chi connectivity index (χ4n) is 14.3. The van der Waals surface area contributed by atoms with Gasteiger partial charge in [0.2, 0.25) is 0 Å². The van der Waals surface area contributed by atoms with E-state index in [1.165, 1.54) is 6.92 Å². The summed E-state index contributed by atoms with van der Waals surface area (Å²) in [5, 5.41) is 97.7. The third-order valence-electron chi connectivity index (χ3n) is 17.5. The van der Waals surface area contributed by atoms with E-state index < -0.39 is 109 Å². The molecule has 9 N–H and O–H groups in total. The number of hydrogen-bond acceptors (Lipinski definition) is 14. The number of rotatable bonds is 6. The van der Waals surface area contributed by atoms with Crippen LogP contribution in [-0.4, -0.2) is 150 Å². The molecule has 7 aliphatic rings. The lowest BCUT2D eigenvalue weighted by Gasteiger charge is -2.71. The van der Waals surface area contributed by atoms with Gasteiger partial charge in [-0.05, 0) is 118 Å². The van der Waals surface area contributed by atoms with E-state index in [-0.39, 0.29) is 39.9 Å². The largest absolute Gasteiger partial charge is 0.394 e. The molecule has 0 amide bonds. The Morgan fingerprint density at radius 2 is 1.30 bits per heavy atom. The Bertz CT molecular complexity index is 1430. The number of aliphatic hydroxyl groups is 9. The molecule has 0 aromatic rings. The molecule has 7 rings (SSSR count). The Hall–Kier alpha value is -0.560. The Morgan fingerprint density at radius 1 is 0.643 bits per heavy atom. The summed E-state index contributed by atoms with van der Waals surface area (Å²) in [4.78, 5) is 0. The zero-order chi connectivity index (χ0) is 41.3. The zero-order valence-corrected chi connectivity index (χ0v) is 34.8. The minimum atomic E-state index is -1.66. The lowest BCUT2D eigenvalue weighted by Crippen LogP contribution is -2.68. The van der Waals surface area contributed by atoms with E-state index in [2.05, 4.69) is 41.5 Å². The molecule has 22 unspecified atom stereocenters. The minimum absolute atomic E-state index is 0.0201. The molecule has 0 aromatic heterocycles. The minimum Gasteiger partial charge on any atom is -0.394 e. The van der Waals surface area contributed by atoms with Crippen LogP contribution in [0.3, 0.4) is 0 Å². The second-order valence-electron chi connectivity index (χ2n) is 21.2. The van der Waals surface area contributed by atoms with Gasteiger partial charge in [-0.3, -0.25) is 0 Å². The average molecular weight is 801 g/mol. The molecule has 7 fully saturated rings. The molecule has 14 nitrogen and oxygen atoms in total. The highest BCUT2D eigenvalue weighted by molar-refractivity contribution is 5.21. The van der Waals surface area contributed by atoms with E-state index >= 15 is 0 Å². The van der Waals surface area contributed by atoms with Crippen LogP contribution >= 0.6 is 0 Å². The van der Waals surface area contributed by atoms with Crippen molar-refractivity contribution in [3.05, 3.63) is 0 Å². The van der Waals surface area contributed by atoms with Crippen molar-refractivity contribution in [2.24, 2.45) is 45.3 Å². The van der Waals surface area contributed by atoms with Gasteiger partial charge in [0.1, 0.15) is 48.8 Å². The van der Waals surface area contributed by atoms with Crippen molar-refractivity contribution in [1.82, 2.24) is 0 Å². The standard InChI is InChI=1S/C42H72O14/c1-19-28(46)30(48)32(50)35(52-19)55-33-31(49)29(47)23(18-43)53-36(33)54-26-12-13-39(6)24(37(26,2)3)11-15-40(7)25(39)16-21(44)27-20(10-14-41(27,40)8)42(9)17-22(45)34(51)38(4,5)56-42/h19-36,43-51H,10-18H2,1-9H3. The molecular formula is C42H72O14. The van der Waals surface area contributed by atoms with Gasteiger partial charge in [0.15, 0.2) is 12.6 Å². The number of aliphatic hydroxyl groups excluding tert-OH is 9. The molecule has 3 aliphatic heterocycles. The summed E-state index contributed by atoms with van der Waals surface area (Å²) in [5.74, 6) is 0.382. The van der Waals surface area contributed by atoms with E-state index in [4.69, 9.17) is 23.7 Å². The van der Waals surface area contributed by atoms with Crippen molar-refractivity contribution in [2.45, 2.75) is 211 Å². The monoisotopic (exact) mass is 800 g/mol. The Morgan fingerprint density at radius 3 is 1.95 bits per heavy atom. The van der Waals surface area contributed by atoms with Gasteiger partial charge in [-0.25, -0.2) is 0 Å². The fraction of sp³-hybridized carbons (Fsp3) is 1.00. The van der Waals surface area contributed by atoms with Gasteiger partial charge in [0, 0.05) is 6.42 Å². The number of fused-ring (bicyclic) bond motifs is 5. The van der Waals surface area contributed by atoms with Crippen LogP contribution in [0.15, 0.2) is 0 Å². The van der Waals surface area contributed by atoms with Crippen LogP contribution in [0.25, 0.3) is 0 Å². The maximum absolute atomic E-state index is 12.3. The lowest BCUT2D eigenvalue weighted by molar-refractivity contribution is -0.376. The van der Waals surface area contributed by atoms with E-state index in [0.29, 0.717) is 19.3 Å². The summed E-state index contributed by atoms with van der Waals surface area (Å²) >= 11 is 0. The molecule has 0 radical (unpaired) electrons. The zero-order valence-electron chi connectivity index (χ0n) is 34.8. The second kappa shape index (κ2) is 14.5.